The molecule has 0 bridgehead atoms. The quantitative estimate of drug-likeness (QED) is 0.637. The Kier molecular flexibility index (Phi) is 6.02. The summed E-state index contributed by atoms with van der Waals surface area (Å²) in [6, 6.07) is 25.2. The predicted octanol–water partition coefficient (Wildman–Crippen LogP) is 5.39. The van der Waals surface area contributed by atoms with E-state index < -0.39 is 16.9 Å². The average Bonchev–Trinajstić information content (AvgIpc) is 2.69. The summed E-state index contributed by atoms with van der Waals surface area (Å²) in [6.07, 6.45) is 0.135. The zero-order valence-electron chi connectivity index (χ0n) is 15.1. The van der Waals surface area contributed by atoms with Crippen LogP contribution in [-0.4, -0.2) is 9.32 Å². The third kappa shape index (κ3) is 3.95. The van der Waals surface area contributed by atoms with Crippen molar-refractivity contribution in [3.8, 4) is 0 Å². The number of aliphatic hydroxyl groups excluding tert-OH is 1. The van der Waals surface area contributed by atoms with Gasteiger partial charge in [-0.15, -0.1) is 0 Å². The molecule has 134 valence electrons. The van der Waals surface area contributed by atoms with Gasteiger partial charge in [-0.1, -0.05) is 73.2 Å². The monoisotopic (exact) mass is 364 g/mol. The van der Waals surface area contributed by atoms with E-state index in [-0.39, 0.29) is 5.92 Å². The van der Waals surface area contributed by atoms with Gasteiger partial charge < -0.3 is 5.11 Å². The number of aliphatic hydroxyl groups is 1. The summed E-state index contributed by atoms with van der Waals surface area (Å²) < 4.78 is 13.2. The number of hydrogen-bond donors (Lipinski definition) is 1. The molecule has 0 fully saturated rings. The number of rotatable bonds is 6. The number of aryl methyl sites for hydroxylation is 1. The van der Waals surface area contributed by atoms with E-state index in [4.69, 9.17) is 0 Å². The maximum Gasteiger partial charge on any atom is 0.0858 e. The van der Waals surface area contributed by atoms with Crippen LogP contribution in [0.25, 0.3) is 0 Å². The Hall–Kier alpha value is -2.23. The minimum atomic E-state index is -1.27. The van der Waals surface area contributed by atoms with Crippen molar-refractivity contribution in [1.29, 1.82) is 0 Å². The first-order valence-electron chi connectivity index (χ1n) is 8.92. The van der Waals surface area contributed by atoms with E-state index in [0.717, 1.165) is 32.9 Å². The summed E-state index contributed by atoms with van der Waals surface area (Å²) in [7, 11) is -1.27. The van der Waals surface area contributed by atoms with E-state index in [1.54, 1.807) is 0 Å². The lowest BCUT2D eigenvalue weighted by molar-refractivity contribution is 0.141. The Balaban J connectivity index is 1.99. The molecular formula is C23H24O2S. The van der Waals surface area contributed by atoms with Crippen LogP contribution in [-0.2, 0) is 10.8 Å². The second kappa shape index (κ2) is 8.43. The van der Waals surface area contributed by atoms with E-state index in [1.165, 1.54) is 0 Å². The molecule has 3 rings (SSSR count). The lowest BCUT2D eigenvalue weighted by atomic mass is 9.87. The van der Waals surface area contributed by atoms with Gasteiger partial charge in [-0.05, 0) is 42.7 Å². The lowest BCUT2D eigenvalue weighted by Gasteiger charge is -2.24. The molecule has 3 aromatic rings. The fourth-order valence-electron chi connectivity index (χ4n) is 3.24. The van der Waals surface area contributed by atoms with Crippen LogP contribution in [0, 0.1) is 6.92 Å². The van der Waals surface area contributed by atoms with Gasteiger partial charge in [0.2, 0.25) is 0 Å². The van der Waals surface area contributed by atoms with E-state index in [1.807, 2.05) is 85.8 Å². The minimum absolute atomic E-state index is 0.108. The van der Waals surface area contributed by atoms with Gasteiger partial charge in [-0.3, -0.25) is 0 Å². The molecule has 0 aliphatic rings. The molecule has 0 heterocycles. The molecule has 3 heteroatoms. The van der Waals surface area contributed by atoms with E-state index >= 15 is 0 Å². The molecule has 0 aliphatic carbocycles. The third-order valence-electron chi connectivity index (χ3n) is 4.72. The highest BCUT2D eigenvalue weighted by Crippen LogP contribution is 2.37. The van der Waals surface area contributed by atoms with Gasteiger partial charge in [0.15, 0.2) is 0 Å². The van der Waals surface area contributed by atoms with Crippen LogP contribution in [0.15, 0.2) is 88.7 Å². The summed E-state index contributed by atoms with van der Waals surface area (Å²) in [5.74, 6) is -0.108. The van der Waals surface area contributed by atoms with Crippen molar-refractivity contribution in [2.75, 3.05) is 0 Å². The van der Waals surface area contributed by atoms with Crippen molar-refractivity contribution in [3.63, 3.8) is 0 Å². The standard InChI is InChI=1S/C23H24O2S/c1-3-20(23(24)18-9-5-4-6-10-18)21-11-7-8-12-22(21)26(25)19-15-13-17(2)14-16-19/h4-16,20,23-24H,3H2,1-2H3/t20-,23+,26?/m0/s1. The fraction of sp³-hybridized carbons (Fsp3) is 0.217. The van der Waals surface area contributed by atoms with Crippen molar-refractivity contribution < 1.29 is 9.32 Å². The van der Waals surface area contributed by atoms with Crippen molar-refractivity contribution in [2.24, 2.45) is 0 Å². The molecule has 26 heavy (non-hydrogen) atoms. The summed E-state index contributed by atoms with van der Waals surface area (Å²) in [4.78, 5) is 1.56. The molecule has 0 saturated heterocycles. The summed E-state index contributed by atoms with van der Waals surface area (Å²) in [5.41, 5.74) is 2.98. The van der Waals surface area contributed by atoms with Crippen LogP contribution in [0.5, 0.6) is 0 Å². The van der Waals surface area contributed by atoms with Gasteiger partial charge in [-0.25, -0.2) is 4.21 Å². The zero-order valence-corrected chi connectivity index (χ0v) is 15.9. The molecular weight excluding hydrogens is 340 g/mol. The van der Waals surface area contributed by atoms with Crippen molar-refractivity contribution in [3.05, 3.63) is 95.6 Å². The van der Waals surface area contributed by atoms with Gasteiger partial charge in [0.05, 0.1) is 16.9 Å². The maximum absolute atomic E-state index is 13.2. The first kappa shape index (κ1) is 18.6. The lowest BCUT2D eigenvalue weighted by Crippen LogP contribution is -2.13. The molecule has 1 unspecified atom stereocenters. The molecule has 0 radical (unpaired) electrons. The molecule has 3 aromatic carbocycles. The topological polar surface area (TPSA) is 37.3 Å². The van der Waals surface area contributed by atoms with Crippen LogP contribution in [0.3, 0.4) is 0 Å². The van der Waals surface area contributed by atoms with Gasteiger partial charge in [0.1, 0.15) is 0 Å². The second-order valence-electron chi connectivity index (χ2n) is 6.49. The Labute approximate surface area is 158 Å². The highest BCUT2D eigenvalue weighted by Gasteiger charge is 2.25. The van der Waals surface area contributed by atoms with Crippen LogP contribution in [0.4, 0.5) is 0 Å². The molecule has 0 aliphatic heterocycles. The van der Waals surface area contributed by atoms with E-state index in [0.29, 0.717) is 0 Å². The average molecular weight is 365 g/mol. The Bertz CT molecular complexity index is 872. The van der Waals surface area contributed by atoms with Crippen molar-refractivity contribution >= 4 is 10.8 Å². The Morgan fingerprint density at radius 2 is 1.50 bits per heavy atom. The highest BCUT2D eigenvalue weighted by atomic mass is 32.2. The molecule has 1 N–H and O–H groups in total. The SMILES string of the molecule is CC[C@@H](c1ccccc1S(=O)c1ccc(C)cc1)[C@H](O)c1ccccc1. The summed E-state index contributed by atoms with van der Waals surface area (Å²) in [6.45, 7) is 4.08. The van der Waals surface area contributed by atoms with Crippen LogP contribution >= 0.6 is 0 Å². The highest BCUT2D eigenvalue weighted by molar-refractivity contribution is 7.85. The molecule has 0 amide bonds. The third-order valence-corrected chi connectivity index (χ3v) is 6.19. The first-order chi connectivity index (χ1) is 12.6. The fourth-order valence-corrected chi connectivity index (χ4v) is 4.51. The van der Waals surface area contributed by atoms with Gasteiger partial charge in [0, 0.05) is 15.7 Å². The van der Waals surface area contributed by atoms with Crippen LogP contribution in [0.2, 0.25) is 0 Å². The molecule has 3 atom stereocenters. The normalized spacial score (nSPS) is 14.6. The van der Waals surface area contributed by atoms with Gasteiger partial charge >= 0.3 is 0 Å². The Morgan fingerprint density at radius 1 is 0.885 bits per heavy atom. The van der Waals surface area contributed by atoms with Crippen LogP contribution < -0.4 is 0 Å². The molecule has 0 aromatic heterocycles. The number of hydrogen-bond acceptors (Lipinski definition) is 2. The largest absolute Gasteiger partial charge is 0.388 e. The molecule has 0 saturated carbocycles. The van der Waals surface area contributed by atoms with Crippen molar-refractivity contribution in [2.45, 2.75) is 42.1 Å². The van der Waals surface area contributed by atoms with Gasteiger partial charge in [0.25, 0.3) is 0 Å². The van der Waals surface area contributed by atoms with Gasteiger partial charge in [-0.2, -0.15) is 0 Å². The summed E-state index contributed by atoms with van der Waals surface area (Å²) >= 11 is 0. The smallest absolute Gasteiger partial charge is 0.0858 e. The van der Waals surface area contributed by atoms with Crippen molar-refractivity contribution in [1.82, 2.24) is 0 Å². The van der Waals surface area contributed by atoms with Crippen LogP contribution in [0.1, 0.15) is 42.1 Å². The zero-order chi connectivity index (χ0) is 18.5. The minimum Gasteiger partial charge on any atom is -0.388 e. The predicted molar refractivity (Wildman–Crippen MR) is 107 cm³/mol. The first-order valence-corrected chi connectivity index (χ1v) is 10.1. The van der Waals surface area contributed by atoms with E-state index in [2.05, 4.69) is 6.92 Å². The molecule has 0 spiro atoms. The number of benzene rings is 3. The maximum atomic E-state index is 13.2. The second-order valence-corrected chi connectivity index (χ2v) is 7.94. The summed E-state index contributed by atoms with van der Waals surface area (Å²) in [5, 5.41) is 10.9. The Morgan fingerprint density at radius 3 is 2.15 bits per heavy atom. The molecule has 2 nitrogen and oxygen atoms in total. The van der Waals surface area contributed by atoms with E-state index in [9.17, 15) is 9.32 Å².